The van der Waals surface area contributed by atoms with E-state index in [4.69, 9.17) is 10.8 Å². The fraction of sp³-hybridized carbons (Fsp3) is 0.769. The van der Waals surface area contributed by atoms with Gasteiger partial charge in [0.25, 0.3) is 0 Å². The Morgan fingerprint density at radius 2 is 1.90 bits per heavy atom. The third-order valence-electron chi connectivity index (χ3n) is 4.22. The topological polar surface area (TPSA) is 113 Å². The van der Waals surface area contributed by atoms with Gasteiger partial charge in [0, 0.05) is 19.1 Å². The molecule has 3 atom stereocenters. The molecule has 7 nitrogen and oxygen atoms in total. The number of likely N-dealkylation sites (tertiary alicyclic amines) is 1. The van der Waals surface area contributed by atoms with Crippen LogP contribution in [0.5, 0.6) is 0 Å². The molecule has 2 fully saturated rings. The van der Waals surface area contributed by atoms with Crippen molar-refractivity contribution in [2.45, 2.75) is 38.1 Å². The Kier molecular flexibility index (Phi) is 4.46. The lowest BCUT2D eigenvalue weighted by Crippen LogP contribution is -2.50. The van der Waals surface area contributed by atoms with Gasteiger partial charge in [0.2, 0.25) is 5.91 Å². The van der Waals surface area contributed by atoms with Crippen molar-refractivity contribution in [1.82, 2.24) is 10.2 Å². The standard InChI is InChI=1S/C13H21N3O4/c14-11(17)9-2-1-5-16(7-9)13(20)15-10-4-3-8(6-10)12(18)19/h8-10H,1-7H2,(H2,14,17)(H,15,20)(H,18,19)/t8-,9?,10+/m1/s1. The summed E-state index contributed by atoms with van der Waals surface area (Å²) in [5.41, 5.74) is 5.28. The predicted molar refractivity (Wildman–Crippen MR) is 70.8 cm³/mol. The Bertz CT molecular complexity index is 412. The highest BCUT2D eigenvalue weighted by Crippen LogP contribution is 2.26. The Hall–Kier alpha value is -1.79. The molecule has 112 valence electrons. The minimum absolute atomic E-state index is 0.0856. The Labute approximate surface area is 117 Å². The number of primary amides is 1. The van der Waals surface area contributed by atoms with Gasteiger partial charge in [-0.3, -0.25) is 9.59 Å². The monoisotopic (exact) mass is 283 g/mol. The Morgan fingerprint density at radius 1 is 1.15 bits per heavy atom. The normalized spacial score (nSPS) is 30.0. The molecular weight excluding hydrogens is 262 g/mol. The summed E-state index contributed by atoms with van der Waals surface area (Å²) in [4.78, 5) is 35.8. The molecule has 0 spiro atoms. The van der Waals surface area contributed by atoms with Crippen LogP contribution in [0.4, 0.5) is 4.79 Å². The van der Waals surface area contributed by atoms with Crippen molar-refractivity contribution >= 4 is 17.9 Å². The number of hydrogen-bond donors (Lipinski definition) is 3. The lowest BCUT2D eigenvalue weighted by molar-refractivity contribution is -0.141. The maximum Gasteiger partial charge on any atom is 0.317 e. The number of piperidine rings is 1. The zero-order valence-corrected chi connectivity index (χ0v) is 11.4. The molecule has 1 saturated heterocycles. The van der Waals surface area contributed by atoms with Crippen LogP contribution in [0.25, 0.3) is 0 Å². The van der Waals surface area contributed by atoms with Gasteiger partial charge in [-0.1, -0.05) is 0 Å². The first kappa shape index (κ1) is 14.6. The van der Waals surface area contributed by atoms with Crippen LogP contribution in [0, 0.1) is 11.8 Å². The molecule has 0 aromatic heterocycles. The maximum atomic E-state index is 12.1. The maximum absolute atomic E-state index is 12.1. The second kappa shape index (κ2) is 6.11. The zero-order chi connectivity index (χ0) is 14.7. The molecule has 4 N–H and O–H groups in total. The van der Waals surface area contributed by atoms with Crippen molar-refractivity contribution in [1.29, 1.82) is 0 Å². The van der Waals surface area contributed by atoms with Crippen LogP contribution in [0.1, 0.15) is 32.1 Å². The molecule has 1 saturated carbocycles. The molecule has 0 radical (unpaired) electrons. The van der Waals surface area contributed by atoms with E-state index in [9.17, 15) is 14.4 Å². The second-order valence-electron chi connectivity index (χ2n) is 5.68. The summed E-state index contributed by atoms with van der Waals surface area (Å²) in [5, 5.41) is 11.8. The number of rotatable bonds is 3. The van der Waals surface area contributed by atoms with Gasteiger partial charge in [-0.05, 0) is 32.1 Å². The number of nitrogens with zero attached hydrogens (tertiary/aromatic N) is 1. The van der Waals surface area contributed by atoms with Crippen molar-refractivity contribution in [3.8, 4) is 0 Å². The Balaban J connectivity index is 1.83. The van der Waals surface area contributed by atoms with Crippen LogP contribution in [-0.4, -0.2) is 47.0 Å². The van der Waals surface area contributed by atoms with E-state index in [1.165, 1.54) is 0 Å². The first-order valence-electron chi connectivity index (χ1n) is 7.05. The molecule has 2 rings (SSSR count). The molecule has 1 aliphatic heterocycles. The summed E-state index contributed by atoms with van der Waals surface area (Å²) < 4.78 is 0. The number of aliphatic carboxylic acids is 1. The molecule has 1 unspecified atom stereocenters. The lowest BCUT2D eigenvalue weighted by Gasteiger charge is -2.32. The van der Waals surface area contributed by atoms with Crippen LogP contribution in [0.15, 0.2) is 0 Å². The quantitative estimate of drug-likeness (QED) is 0.684. The molecule has 1 aliphatic carbocycles. The van der Waals surface area contributed by atoms with Crippen molar-refractivity contribution in [3.63, 3.8) is 0 Å². The first-order chi connectivity index (χ1) is 9.47. The number of hydrogen-bond acceptors (Lipinski definition) is 3. The van der Waals surface area contributed by atoms with E-state index in [2.05, 4.69) is 5.32 Å². The van der Waals surface area contributed by atoms with Gasteiger partial charge in [0.1, 0.15) is 0 Å². The minimum atomic E-state index is -0.798. The summed E-state index contributed by atoms with van der Waals surface area (Å²) in [7, 11) is 0. The number of nitrogens with one attached hydrogen (secondary N) is 1. The van der Waals surface area contributed by atoms with Crippen molar-refractivity contribution < 1.29 is 19.5 Å². The van der Waals surface area contributed by atoms with Crippen LogP contribution in [-0.2, 0) is 9.59 Å². The number of carboxylic acid groups (broad SMARTS) is 1. The number of carboxylic acids is 1. The zero-order valence-electron chi connectivity index (χ0n) is 11.4. The summed E-state index contributed by atoms with van der Waals surface area (Å²) in [5.74, 6) is -1.80. The van der Waals surface area contributed by atoms with E-state index >= 15 is 0 Å². The summed E-state index contributed by atoms with van der Waals surface area (Å²) in [6.07, 6.45) is 3.27. The number of urea groups is 1. The number of carbonyl (C=O) groups excluding carboxylic acids is 2. The molecule has 1 heterocycles. The highest BCUT2D eigenvalue weighted by Gasteiger charge is 2.33. The molecule has 7 heteroatoms. The number of carbonyl (C=O) groups is 3. The fourth-order valence-electron chi connectivity index (χ4n) is 3.00. The van der Waals surface area contributed by atoms with E-state index in [0.717, 1.165) is 12.8 Å². The number of nitrogens with two attached hydrogens (primary N) is 1. The summed E-state index contributed by atoms with van der Waals surface area (Å²) in [6.45, 7) is 0.973. The van der Waals surface area contributed by atoms with Crippen LogP contribution >= 0.6 is 0 Å². The average Bonchev–Trinajstić information content (AvgIpc) is 2.87. The second-order valence-corrected chi connectivity index (χ2v) is 5.68. The molecule has 2 aliphatic rings. The summed E-state index contributed by atoms with van der Waals surface area (Å²) in [6, 6.07) is -0.301. The lowest BCUT2D eigenvalue weighted by atomic mass is 9.98. The molecule has 0 aromatic carbocycles. The average molecular weight is 283 g/mol. The highest BCUT2D eigenvalue weighted by molar-refractivity contribution is 5.79. The van der Waals surface area contributed by atoms with Gasteiger partial charge in [0.05, 0.1) is 11.8 Å². The van der Waals surface area contributed by atoms with Gasteiger partial charge < -0.3 is 21.1 Å². The highest BCUT2D eigenvalue weighted by atomic mass is 16.4. The van der Waals surface area contributed by atoms with E-state index in [0.29, 0.717) is 32.4 Å². The van der Waals surface area contributed by atoms with E-state index in [-0.39, 0.29) is 29.8 Å². The molecule has 0 aromatic rings. The van der Waals surface area contributed by atoms with Crippen LogP contribution in [0.2, 0.25) is 0 Å². The third kappa shape index (κ3) is 3.40. The van der Waals surface area contributed by atoms with Crippen molar-refractivity contribution in [2.75, 3.05) is 13.1 Å². The molecule has 3 amide bonds. The largest absolute Gasteiger partial charge is 0.481 e. The van der Waals surface area contributed by atoms with Crippen LogP contribution < -0.4 is 11.1 Å². The molecule has 20 heavy (non-hydrogen) atoms. The van der Waals surface area contributed by atoms with E-state index in [1.807, 2.05) is 0 Å². The van der Waals surface area contributed by atoms with Crippen molar-refractivity contribution in [2.24, 2.45) is 17.6 Å². The number of amides is 3. The van der Waals surface area contributed by atoms with E-state index < -0.39 is 5.97 Å². The molecule has 0 bridgehead atoms. The smallest absolute Gasteiger partial charge is 0.317 e. The molecular formula is C13H21N3O4. The van der Waals surface area contributed by atoms with Gasteiger partial charge in [-0.15, -0.1) is 0 Å². The van der Waals surface area contributed by atoms with Gasteiger partial charge in [-0.2, -0.15) is 0 Å². The fourth-order valence-corrected chi connectivity index (χ4v) is 3.00. The summed E-state index contributed by atoms with van der Waals surface area (Å²) >= 11 is 0. The van der Waals surface area contributed by atoms with Gasteiger partial charge >= 0.3 is 12.0 Å². The van der Waals surface area contributed by atoms with E-state index in [1.54, 1.807) is 4.90 Å². The minimum Gasteiger partial charge on any atom is -0.481 e. The van der Waals surface area contributed by atoms with Gasteiger partial charge in [0.15, 0.2) is 0 Å². The Morgan fingerprint density at radius 3 is 2.50 bits per heavy atom. The third-order valence-corrected chi connectivity index (χ3v) is 4.22. The predicted octanol–water partition coefficient (Wildman–Crippen LogP) is 0.147. The van der Waals surface area contributed by atoms with Gasteiger partial charge in [-0.25, -0.2) is 4.79 Å². The van der Waals surface area contributed by atoms with Crippen molar-refractivity contribution in [3.05, 3.63) is 0 Å². The van der Waals surface area contributed by atoms with Crippen LogP contribution in [0.3, 0.4) is 0 Å². The first-order valence-corrected chi connectivity index (χ1v) is 7.05. The SMILES string of the molecule is NC(=O)C1CCCN(C(=O)N[C@H]2CC[C@@H](C(=O)O)C2)C1.